The zero-order valence-corrected chi connectivity index (χ0v) is 17.1. The van der Waals surface area contributed by atoms with E-state index < -0.39 is 17.8 Å². The van der Waals surface area contributed by atoms with Crippen molar-refractivity contribution in [1.29, 1.82) is 0 Å². The van der Waals surface area contributed by atoms with Crippen LogP contribution in [-0.4, -0.2) is 44.8 Å². The third-order valence-corrected chi connectivity index (χ3v) is 4.25. The molecule has 0 spiro atoms. The first kappa shape index (κ1) is 21.7. The Hall–Kier alpha value is -4.01. The molecule has 0 bridgehead atoms. The second-order valence-electron chi connectivity index (χ2n) is 6.31. The predicted octanol–water partition coefficient (Wildman–Crippen LogP) is 1.87. The SMILES string of the molecule is CCOC(=O)CNC(=O)/C(=C/c1ccc2c(c1)OCO2)NC(=O)c1ccccc1OC. The molecule has 0 atom stereocenters. The maximum atomic E-state index is 12.8. The Bertz CT molecular complexity index is 1020. The van der Waals surface area contributed by atoms with Crippen LogP contribution in [0.5, 0.6) is 17.2 Å². The molecular weight excluding hydrogens is 404 g/mol. The molecule has 9 heteroatoms. The molecule has 0 saturated heterocycles. The Balaban J connectivity index is 1.85. The zero-order chi connectivity index (χ0) is 22.2. The van der Waals surface area contributed by atoms with E-state index in [0.29, 0.717) is 22.8 Å². The Morgan fingerprint density at radius 1 is 1.10 bits per heavy atom. The smallest absolute Gasteiger partial charge is 0.325 e. The van der Waals surface area contributed by atoms with Gasteiger partial charge in [-0.05, 0) is 42.8 Å². The summed E-state index contributed by atoms with van der Waals surface area (Å²) >= 11 is 0. The van der Waals surface area contributed by atoms with Gasteiger partial charge in [0.05, 0.1) is 19.3 Å². The average molecular weight is 426 g/mol. The number of carbonyl (C=O) groups excluding carboxylic acids is 3. The standard InChI is InChI=1S/C22H22N2O7/c1-3-29-20(25)12-23-22(27)16(10-14-8-9-18-19(11-14)31-13-30-18)24-21(26)15-6-4-5-7-17(15)28-2/h4-11H,3,12-13H2,1-2H3,(H,23,27)(H,24,26)/b16-10-. The van der Waals surface area contributed by atoms with Crippen LogP contribution < -0.4 is 24.8 Å². The number of fused-ring (bicyclic) bond motifs is 1. The summed E-state index contributed by atoms with van der Waals surface area (Å²) in [6.07, 6.45) is 1.47. The number of benzene rings is 2. The Morgan fingerprint density at radius 3 is 2.65 bits per heavy atom. The van der Waals surface area contributed by atoms with Gasteiger partial charge < -0.3 is 29.6 Å². The minimum atomic E-state index is -0.658. The lowest BCUT2D eigenvalue weighted by molar-refractivity contribution is -0.143. The number of esters is 1. The van der Waals surface area contributed by atoms with Crippen LogP contribution in [0.3, 0.4) is 0 Å². The van der Waals surface area contributed by atoms with Crippen molar-refractivity contribution in [3.63, 3.8) is 0 Å². The minimum Gasteiger partial charge on any atom is -0.496 e. The van der Waals surface area contributed by atoms with Crippen molar-refractivity contribution >= 4 is 23.9 Å². The normalized spacial score (nSPS) is 12.1. The van der Waals surface area contributed by atoms with Crippen molar-refractivity contribution in [3.05, 3.63) is 59.3 Å². The molecule has 2 N–H and O–H groups in total. The summed E-state index contributed by atoms with van der Waals surface area (Å²) in [5, 5.41) is 5.03. The summed E-state index contributed by atoms with van der Waals surface area (Å²) in [7, 11) is 1.45. The topological polar surface area (TPSA) is 112 Å². The van der Waals surface area contributed by atoms with Gasteiger partial charge in [0.15, 0.2) is 11.5 Å². The molecule has 0 radical (unpaired) electrons. The van der Waals surface area contributed by atoms with Gasteiger partial charge in [-0.25, -0.2) is 0 Å². The van der Waals surface area contributed by atoms with Gasteiger partial charge in [0.2, 0.25) is 6.79 Å². The number of methoxy groups -OCH3 is 1. The van der Waals surface area contributed by atoms with Crippen molar-refractivity contribution in [3.8, 4) is 17.2 Å². The highest BCUT2D eigenvalue weighted by atomic mass is 16.7. The molecule has 162 valence electrons. The van der Waals surface area contributed by atoms with Crippen LogP contribution in [-0.2, 0) is 14.3 Å². The van der Waals surface area contributed by atoms with Crippen molar-refractivity contribution < 1.29 is 33.3 Å². The van der Waals surface area contributed by atoms with Gasteiger partial charge in [0.1, 0.15) is 18.0 Å². The van der Waals surface area contributed by atoms with Gasteiger partial charge in [-0.3, -0.25) is 14.4 Å². The van der Waals surface area contributed by atoms with Gasteiger partial charge in [0.25, 0.3) is 11.8 Å². The first-order valence-corrected chi connectivity index (χ1v) is 9.51. The molecular formula is C22H22N2O7. The summed E-state index contributed by atoms with van der Waals surface area (Å²) in [5.41, 5.74) is 0.768. The largest absolute Gasteiger partial charge is 0.496 e. The second-order valence-corrected chi connectivity index (χ2v) is 6.31. The van der Waals surface area contributed by atoms with Crippen LogP contribution in [0.15, 0.2) is 48.2 Å². The molecule has 1 heterocycles. The number of hydrogen-bond donors (Lipinski definition) is 2. The summed E-state index contributed by atoms with van der Waals surface area (Å²) in [6.45, 7) is 1.63. The van der Waals surface area contributed by atoms with E-state index in [0.717, 1.165) is 0 Å². The number of rotatable bonds is 8. The highest BCUT2D eigenvalue weighted by molar-refractivity contribution is 6.06. The van der Waals surface area contributed by atoms with Gasteiger partial charge in [-0.2, -0.15) is 0 Å². The second kappa shape index (κ2) is 10.1. The molecule has 9 nitrogen and oxygen atoms in total. The molecule has 0 saturated carbocycles. The molecule has 3 rings (SSSR count). The highest BCUT2D eigenvalue weighted by Crippen LogP contribution is 2.33. The first-order chi connectivity index (χ1) is 15.0. The number of amides is 2. The van der Waals surface area contributed by atoms with Gasteiger partial charge >= 0.3 is 5.97 Å². The number of nitrogens with one attached hydrogen (secondary N) is 2. The summed E-state index contributed by atoms with van der Waals surface area (Å²) < 4.78 is 20.7. The van der Waals surface area contributed by atoms with Crippen LogP contribution in [0.4, 0.5) is 0 Å². The molecule has 2 aromatic carbocycles. The molecule has 31 heavy (non-hydrogen) atoms. The molecule has 1 aliphatic rings. The molecule has 0 aliphatic carbocycles. The zero-order valence-electron chi connectivity index (χ0n) is 17.1. The third kappa shape index (κ3) is 5.53. The highest BCUT2D eigenvalue weighted by Gasteiger charge is 2.19. The maximum absolute atomic E-state index is 12.8. The lowest BCUT2D eigenvalue weighted by Crippen LogP contribution is -2.37. The molecule has 2 aromatic rings. The Morgan fingerprint density at radius 2 is 1.87 bits per heavy atom. The fourth-order valence-electron chi connectivity index (χ4n) is 2.81. The van der Waals surface area contributed by atoms with Gasteiger partial charge in [-0.1, -0.05) is 18.2 Å². The van der Waals surface area contributed by atoms with E-state index in [-0.39, 0.29) is 31.2 Å². The van der Waals surface area contributed by atoms with E-state index in [1.807, 2.05) is 0 Å². The molecule has 0 unspecified atom stereocenters. The number of para-hydroxylation sites is 1. The third-order valence-electron chi connectivity index (χ3n) is 4.25. The maximum Gasteiger partial charge on any atom is 0.325 e. The van der Waals surface area contributed by atoms with Gasteiger partial charge in [0, 0.05) is 0 Å². The van der Waals surface area contributed by atoms with Gasteiger partial charge in [-0.15, -0.1) is 0 Å². The fourth-order valence-corrected chi connectivity index (χ4v) is 2.81. The number of carbonyl (C=O) groups is 3. The van der Waals surface area contributed by atoms with E-state index in [1.165, 1.54) is 13.2 Å². The first-order valence-electron chi connectivity index (χ1n) is 9.51. The van der Waals surface area contributed by atoms with Crippen LogP contribution >= 0.6 is 0 Å². The van der Waals surface area contributed by atoms with Crippen LogP contribution in [0.2, 0.25) is 0 Å². The number of hydrogen-bond acceptors (Lipinski definition) is 7. The van der Waals surface area contributed by atoms with Crippen LogP contribution in [0, 0.1) is 0 Å². The van der Waals surface area contributed by atoms with Crippen LogP contribution in [0.25, 0.3) is 6.08 Å². The summed E-state index contributed by atoms with van der Waals surface area (Å²) in [6, 6.07) is 11.7. The van der Waals surface area contributed by atoms with Crippen molar-refractivity contribution in [2.45, 2.75) is 6.92 Å². The van der Waals surface area contributed by atoms with E-state index in [4.69, 9.17) is 18.9 Å². The van der Waals surface area contributed by atoms with Crippen LogP contribution in [0.1, 0.15) is 22.8 Å². The van der Waals surface area contributed by atoms with Crippen molar-refractivity contribution in [2.24, 2.45) is 0 Å². The fraction of sp³-hybridized carbons (Fsp3) is 0.227. The molecule has 0 aromatic heterocycles. The molecule has 1 aliphatic heterocycles. The average Bonchev–Trinajstić information content (AvgIpc) is 3.25. The van der Waals surface area contributed by atoms with E-state index >= 15 is 0 Å². The minimum absolute atomic E-state index is 0.0703. The predicted molar refractivity (Wildman–Crippen MR) is 111 cm³/mol. The van der Waals surface area contributed by atoms with Crippen molar-refractivity contribution in [2.75, 3.05) is 27.1 Å². The summed E-state index contributed by atoms with van der Waals surface area (Å²) in [4.78, 5) is 37.1. The quantitative estimate of drug-likeness (QED) is 0.490. The molecule has 2 amide bonds. The van der Waals surface area contributed by atoms with E-state index in [1.54, 1.807) is 49.4 Å². The van der Waals surface area contributed by atoms with Crippen molar-refractivity contribution in [1.82, 2.24) is 10.6 Å². The molecule has 0 fully saturated rings. The van der Waals surface area contributed by atoms with E-state index in [2.05, 4.69) is 10.6 Å². The lowest BCUT2D eigenvalue weighted by Gasteiger charge is -2.13. The monoisotopic (exact) mass is 426 g/mol. The number of ether oxygens (including phenoxy) is 4. The summed E-state index contributed by atoms with van der Waals surface area (Å²) in [5.74, 6) is -0.326. The Kier molecular flexibility index (Phi) is 7.10. The Labute approximate surface area is 178 Å². The van der Waals surface area contributed by atoms with E-state index in [9.17, 15) is 14.4 Å². The lowest BCUT2D eigenvalue weighted by atomic mass is 10.1.